The maximum Gasteiger partial charge on any atom is 0.257 e. The Bertz CT molecular complexity index is 1180. The first kappa shape index (κ1) is 23.2. The lowest BCUT2D eigenvalue weighted by molar-refractivity contribution is -0.134. The van der Waals surface area contributed by atoms with Gasteiger partial charge in [0.15, 0.2) is 0 Å². The fourth-order valence-electron chi connectivity index (χ4n) is 3.77. The monoisotopic (exact) mass is 464 g/mol. The van der Waals surface area contributed by atoms with Crippen molar-refractivity contribution in [2.45, 2.75) is 12.5 Å². The SMILES string of the molecule is COc1ccc(C2=NN(C(=O)CN(C)CC(=O)Nc3cccc(F)c3)[C@@H](c3ccco3)C2)cc1. The Kier molecular flexibility index (Phi) is 7.03. The first-order valence-corrected chi connectivity index (χ1v) is 10.7. The molecule has 1 aliphatic heterocycles. The van der Waals surface area contributed by atoms with Crippen LogP contribution in [0, 0.1) is 5.82 Å². The van der Waals surface area contributed by atoms with Gasteiger partial charge >= 0.3 is 0 Å². The van der Waals surface area contributed by atoms with Gasteiger partial charge in [0.05, 0.1) is 32.2 Å². The van der Waals surface area contributed by atoms with Crippen molar-refractivity contribution in [3.05, 3.63) is 84.1 Å². The minimum Gasteiger partial charge on any atom is -0.497 e. The highest BCUT2D eigenvalue weighted by Gasteiger charge is 2.35. The van der Waals surface area contributed by atoms with Gasteiger partial charge < -0.3 is 14.5 Å². The van der Waals surface area contributed by atoms with E-state index in [0.717, 1.165) is 17.0 Å². The zero-order valence-corrected chi connectivity index (χ0v) is 18.9. The molecule has 2 amide bonds. The van der Waals surface area contributed by atoms with Crippen LogP contribution in [0.25, 0.3) is 0 Å². The summed E-state index contributed by atoms with van der Waals surface area (Å²) in [4.78, 5) is 27.1. The molecular weight excluding hydrogens is 439 g/mol. The van der Waals surface area contributed by atoms with Gasteiger partial charge in [0.1, 0.15) is 23.4 Å². The van der Waals surface area contributed by atoms with Gasteiger partial charge in [0, 0.05) is 12.1 Å². The number of hydrogen-bond acceptors (Lipinski definition) is 6. The summed E-state index contributed by atoms with van der Waals surface area (Å²) in [7, 11) is 3.26. The van der Waals surface area contributed by atoms with Crippen LogP contribution in [0.15, 0.2) is 76.4 Å². The molecule has 1 aromatic heterocycles. The van der Waals surface area contributed by atoms with E-state index in [1.54, 1.807) is 37.5 Å². The number of rotatable bonds is 8. The highest BCUT2D eigenvalue weighted by atomic mass is 19.1. The van der Waals surface area contributed by atoms with Crippen LogP contribution in [0.3, 0.4) is 0 Å². The van der Waals surface area contributed by atoms with E-state index in [2.05, 4.69) is 10.4 Å². The largest absolute Gasteiger partial charge is 0.497 e. The number of nitrogens with one attached hydrogen (secondary N) is 1. The van der Waals surface area contributed by atoms with Gasteiger partial charge in [-0.05, 0) is 67.2 Å². The quantitative estimate of drug-likeness (QED) is 0.550. The van der Waals surface area contributed by atoms with Gasteiger partial charge in [-0.3, -0.25) is 14.5 Å². The van der Waals surface area contributed by atoms with E-state index in [9.17, 15) is 14.0 Å². The lowest BCUT2D eigenvalue weighted by Gasteiger charge is -2.23. The lowest BCUT2D eigenvalue weighted by atomic mass is 10.0. The van der Waals surface area contributed by atoms with E-state index < -0.39 is 5.82 Å². The number of methoxy groups -OCH3 is 1. The molecule has 0 saturated carbocycles. The van der Waals surface area contributed by atoms with Gasteiger partial charge in [-0.2, -0.15) is 5.10 Å². The Morgan fingerprint density at radius 2 is 1.97 bits per heavy atom. The molecule has 1 atom stereocenters. The Labute approximate surface area is 196 Å². The van der Waals surface area contributed by atoms with Crippen LogP contribution in [-0.4, -0.2) is 54.7 Å². The molecule has 1 N–H and O–H groups in total. The van der Waals surface area contributed by atoms with Crippen LogP contribution >= 0.6 is 0 Å². The Morgan fingerprint density at radius 1 is 1.18 bits per heavy atom. The number of nitrogens with zero attached hydrogens (tertiary/aromatic N) is 3. The molecular formula is C25H25FN4O4. The summed E-state index contributed by atoms with van der Waals surface area (Å²) in [6, 6.07) is 16.3. The summed E-state index contributed by atoms with van der Waals surface area (Å²) >= 11 is 0. The second-order valence-corrected chi connectivity index (χ2v) is 7.98. The molecule has 9 heteroatoms. The molecule has 0 aliphatic carbocycles. The number of ether oxygens (including phenoxy) is 1. The van der Waals surface area contributed by atoms with Crippen molar-refractivity contribution >= 4 is 23.2 Å². The van der Waals surface area contributed by atoms with Crippen LogP contribution in [0.1, 0.15) is 23.8 Å². The van der Waals surface area contributed by atoms with E-state index in [1.807, 2.05) is 30.3 Å². The molecule has 0 radical (unpaired) electrons. The minimum atomic E-state index is -0.440. The van der Waals surface area contributed by atoms with Gasteiger partial charge in [0.25, 0.3) is 5.91 Å². The number of carbonyl (C=O) groups is 2. The van der Waals surface area contributed by atoms with E-state index >= 15 is 0 Å². The van der Waals surface area contributed by atoms with E-state index in [-0.39, 0.29) is 30.9 Å². The van der Waals surface area contributed by atoms with Crippen molar-refractivity contribution < 1.29 is 23.1 Å². The third-order valence-electron chi connectivity index (χ3n) is 5.39. The molecule has 2 heterocycles. The summed E-state index contributed by atoms with van der Waals surface area (Å²) in [5.74, 6) is 0.297. The van der Waals surface area contributed by atoms with E-state index in [0.29, 0.717) is 17.9 Å². The normalized spacial score (nSPS) is 15.4. The predicted molar refractivity (Wildman–Crippen MR) is 125 cm³/mol. The lowest BCUT2D eigenvalue weighted by Crippen LogP contribution is -2.39. The molecule has 8 nitrogen and oxygen atoms in total. The molecule has 2 aromatic carbocycles. The van der Waals surface area contributed by atoms with Crippen LogP contribution in [0.4, 0.5) is 10.1 Å². The topological polar surface area (TPSA) is 87.4 Å². The highest BCUT2D eigenvalue weighted by Crippen LogP contribution is 2.33. The number of hydrogen-bond donors (Lipinski definition) is 1. The summed E-state index contributed by atoms with van der Waals surface area (Å²) in [5, 5.41) is 8.63. The summed E-state index contributed by atoms with van der Waals surface area (Å²) in [6.07, 6.45) is 2.06. The second kappa shape index (κ2) is 10.3. The number of amides is 2. The number of halogens is 1. The number of furan rings is 1. The van der Waals surface area contributed by atoms with Crippen LogP contribution < -0.4 is 10.1 Å². The highest BCUT2D eigenvalue weighted by molar-refractivity contribution is 6.03. The van der Waals surface area contributed by atoms with Crippen molar-refractivity contribution in [3.8, 4) is 5.75 Å². The molecule has 0 saturated heterocycles. The average Bonchev–Trinajstić information content (AvgIpc) is 3.49. The molecule has 1 aliphatic rings. The standard InChI is InChI=1S/C25H25FN4O4/c1-29(15-24(31)27-19-6-3-5-18(26)13-19)16-25(32)30-22(23-7-4-12-34-23)14-21(28-30)17-8-10-20(33-2)11-9-17/h3-13,22H,14-16H2,1-2H3,(H,27,31)/t22-/m1/s1. The minimum absolute atomic E-state index is 0.0346. The second-order valence-electron chi connectivity index (χ2n) is 7.98. The van der Waals surface area contributed by atoms with Gasteiger partial charge in [-0.1, -0.05) is 6.07 Å². The van der Waals surface area contributed by atoms with Crippen LogP contribution in [-0.2, 0) is 9.59 Å². The van der Waals surface area contributed by atoms with Gasteiger partial charge in [-0.15, -0.1) is 0 Å². The Morgan fingerprint density at radius 3 is 2.65 bits per heavy atom. The average molecular weight is 464 g/mol. The summed E-state index contributed by atoms with van der Waals surface area (Å²) in [6.45, 7) is -0.0796. The first-order valence-electron chi connectivity index (χ1n) is 10.7. The molecule has 4 rings (SSSR count). The molecule has 0 unspecified atom stereocenters. The zero-order valence-electron chi connectivity index (χ0n) is 18.9. The predicted octanol–water partition coefficient (Wildman–Crippen LogP) is 3.68. The van der Waals surface area contributed by atoms with Crippen LogP contribution in [0.5, 0.6) is 5.75 Å². The van der Waals surface area contributed by atoms with E-state index in [1.165, 1.54) is 23.2 Å². The Balaban J connectivity index is 1.44. The smallest absolute Gasteiger partial charge is 0.257 e. The van der Waals surface area contributed by atoms with Crippen molar-refractivity contribution in [3.63, 3.8) is 0 Å². The molecule has 0 spiro atoms. The first-order chi connectivity index (χ1) is 16.4. The van der Waals surface area contributed by atoms with Gasteiger partial charge in [-0.25, -0.2) is 9.40 Å². The Hall–Kier alpha value is -3.98. The molecule has 3 aromatic rings. The van der Waals surface area contributed by atoms with Crippen LogP contribution in [0.2, 0.25) is 0 Å². The maximum atomic E-state index is 13.3. The fourth-order valence-corrected chi connectivity index (χ4v) is 3.77. The number of carbonyl (C=O) groups excluding carboxylic acids is 2. The zero-order chi connectivity index (χ0) is 24.1. The third-order valence-corrected chi connectivity index (χ3v) is 5.39. The third kappa shape index (κ3) is 5.49. The number of likely N-dealkylation sites (N-methyl/N-ethyl adjacent to an activating group) is 1. The summed E-state index contributed by atoms with van der Waals surface area (Å²) < 4.78 is 24.1. The number of benzene rings is 2. The van der Waals surface area contributed by atoms with Crippen molar-refractivity contribution in [2.24, 2.45) is 5.10 Å². The summed E-state index contributed by atoms with van der Waals surface area (Å²) in [5.41, 5.74) is 2.00. The fraction of sp³-hybridized carbons (Fsp3) is 0.240. The van der Waals surface area contributed by atoms with E-state index in [4.69, 9.17) is 9.15 Å². The van der Waals surface area contributed by atoms with Gasteiger partial charge in [0.2, 0.25) is 5.91 Å². The molecule has 34 heavy (non-hydrogen) atoms. The molecule has 176 valence electrons. The van der Waals surface area contributed by atoms with Crippen molar-refractivity contribution in [1.82, 2.24) is 9.91 Å². The number of hydrazone groups is 1. The van der Waals surface area contributed by atoms with Crippen molar-refractivity contribution in [1.29, 1.82) is 0 Å². The maximum absolute atomic E-state index is 13.3. The molecule has 0 bridgehead atoms. The van der Waals surface area contributed by atoms with Crippen molar-refractivity contribution in [2.75, 3.05) is 32.6 Å². The number of anilines is 1. The molecule has 0 fully saturated rings.